The molecule has 2 aromatic carbocycles. The largest absolute Gasteiger partial charge is 0.507 e. The summed E-state index contributed by atoms with van der Waals surface area (Å²) in [6.45, 7) is 4.08. The first-order valence-electron chi connectivity index (χ1n) is 12.0. The Hall–Kier alpha value is -3.28. The fraction of sp³-hybridized carbons (Fsp3) is 0.429. The molecule has 1 aliphatic heterocycles. The molecule has 0 radical (unpaired) electrons. The molecule has 6 nitrogen and oxygen atoms in total. The fourth-order valence-corrected chi connectivity index (χ4v) is 5.27. The molecule has 2 fully saturated rings. The molecule has 1 unspecified atom stereocenters. The van der Waals surface area contributed by atoms with Crippen molar-refractivity contribution >= 4 is 17.4 Å². The van der Waals surface area contributed by atoms with Gasteiger partial charge >= 0.3 is 0 Å². The number of nitrogens with zero attached hydrogens (tertiary/aromatic N) is 1. The van der Waals surface area contributed by atoms with Crippen molar-refractivity contribution in [3.05, 3.63) is 64.7 Å². The van der Waals surface area contributed by atoms with Gasteiger partial charge in [0.2, 0.25) is 0 Å². The number of methoxy groups -OCH3 is 2. The minimum Gasteiger partial charge on any atom is -0.507 e. The summed E-state index contributed by atoms with van der Waals surface area (Å²) in [5.41, 5.74) is 2.22. The summed E-state index contributed by atoms with van der Waals surface area (Å²) in [4.78, 5) is 28.5. The van der Waals surface area contributed by atoms with Gasteiger partial charge < -0.3 is 19.5 Å². The van der Waals surface area contributed by atoms with Crippen LogP contribution in [0.1, 0.15) is 74.6 Å². The van der Waals surface area contributed by atoms with Crippen LogP contribution in [0.15, 0.2) is 48.0 Å². The molecule has 0 spiro atoms. The van der Waals surface area contributed by atoms with Crippen LogP contribution in [0, 0.1) is 0 Å². The lowest BCUT2D eigenvalue weighted by atomic mass is 9.90. The third kappa shape index (κ3) is 4.17. The number of aliphatic hydroxyl groups excluding tert-OH is 1. The van der Waals surface area contributed by atoms with Crippen LogP contribution in [0.3, 0.4) is 0 Å². The highest BCUT2D eigenvalue weighted by Crippen LogP contribution is 2.45. The number of para-hydroxylation sites is 1. The number of aliphatic hydroxyl groups is 1. The molecule has 1 heterocycles. The molecule has 1 atom stereocenters. The van der Waals surface area contributed by atoms with Crippen LogP contribution < -0.4 is 9.47 Å². The Bertz CT molecular complexity index is 1110. The van der Waals surface area contributed by atoms with Crippen LogP contribution in [0.5, 0.6) is 11.5 Å². The molecule has 1 saturated carbocycles. The maximum absolute atomic E-state index is 13.4. The van der Waals surface area contributed by atoms with E-state index in [1.807, 2.05) is 44.2 Å². The summed E-state index contributed by atoms with van der Waals surface area (Å²) in [6.07, 6.45) is 4.85. The van der Waals surface area contributed by atoms with Gasteiger partial charge in [-0.25, -0.2) is 0 Å². The summed E-state index contributed by atoms with van der Waals surface area (Å²) in [5, 5.41) is 11.5. The minimum absolute atomic E-state index is 0.0486. The maximum atomic E-state index is 13.4. The number of ketones is 1. The number of hydrogen-bond donors (Lipinski definition) is 1. The first-order valence-corrected chi connectivity index (χ1v) is 12.0. The van der Waals surface area contributed by atoms with Crippen molar-refractivity contribution in [1.29, 1.82) is 0 Å². The third-order valence-corrected chi connectivity index (χ3v) is 7.01. The van der Waals surface area contributed by atoms with Crippen LogP contribution in [-0.4, -0.2) is 42.0 Å². The predicted octanol–water partition coefficient (Wildman–Crippen LogP) is 5.58. The molecule has 0 bridgehead atoms. The topological polar surface area (TPSA) is 76.1 Å². The highest BCUT2D eigenvalue weighted by Gasteiger charge is 2.49. The number of carbonyl (C=O) groups excluding carboxylic acids is 2. The van der Waals surface area contributed by atoms with Gasteiger partial charge in [0.25, 0.3) is 11.7 Å². The van der Waals surface area contributed by atoms with E-state index in [0.29, 0.717) is 16.9 Å². The van der Waals surface area contributed by atoms with E-state index in [1.54, 1.807) is 31.3 Å². The molecule has 34 heavy (non-hydrogen) atoms. The van der Waals surface area contributed by atoms with Crippen molar-refractivity contribution in [2.24, 2.45) is 0 Å². The lowest BCUT2D eigenvalue weighted by Gasteiger charge is -2.35. The smallest absolute Gasteiger partial charge is 0.295 e. The van der Waals surface area contributed by atoms with Crippen molar-refractivity contribution in [3.63, 3.8) is 0 Å². The molecule has 6 heteroatoms. The van der Waals surface area contributed by atoms with E-state index in [-0.39, 0.29) is 23.3 Å². The number of amides is 1. The Balaban J connectivity index is 1.92. The zero-order valence-corrected chi connectivity index (χ0v) is 20.3. The van der Waals surface area contributed by atoms with E-state index in [1.165, 1.54) is 0 Å². The van der Waals surface area contributed by atoms with Gasteiger partial charge in [0.15, 0.2) is 0 Å². The number of ether oxygens (including phenoxy) is 2. The normalized spacial score (nSPS) is 20.7. The Morgan fingerprint density at radius 1 is 0.971 bits per heavy atom. The zero-order valence-electron chi connectivity index (χ0n) is 20.3. The van der Waals surface area contributed by atoms with E-state index < -0.39 is 17.7 Å². The second kappa shape index (κ2) is 9.92. The monoisotopic (exact) mass is 463 g/mol. The molecule has 1 saturated heterocycles. The Morgan fingerprint density at radius 3 is 2.29 bits per heavy atom. The van der Waals surface area contributed by atoms with Gasteiger partial charge in [-0.15, -0.1) is 0 Å². The maximum Gasteiger partial charge on any atom is 0.295 e. The molecule has 1 N–H and O–H groups in total. The van der Waals surface area contributed by atoms with Crippen molar-refractivity contribution in [3.8, 4) is 11.5 Å². The first-order chi connectivity index (χ1) is 16.4. The van der Waals surface area contributed by atoms with Crippen molar-refractivity contribution < 1.29 is 24.2 Å². The van der Waals surface area contributed by atoms with E-state index in [0.717, 1.165) is 43.4 Å². The van der Waals surface area contributed by atoms with E-state index in [4.69, 9.17) is 9.47 Å². The van der Waals surface area contributed by atoms with Gasteiger partial charge in [0, 0.05) is 17.2 Å². The quantitative estimate of drug-likeness (QED) is 0.344. The summed E-state index contributed by atoms with van der Waals surface area (Å²) >= 11 is 0. The Labute approximate surface area is 201 Å². The Morgan fingerprint density at radius 2 is 1.65 bits per heavy atom. The van der Waals surface area contributed by atoms with E-state index in [2.05, 4.69) is 0 Å². The van der Waals surface area contributed by atoms with Gasteiger partial charge in [-0.3, -0.25) is 9.59 Å². The second-order valence-corrected chi connectivity index (χ2v) is 9.35. The lowest BCUT2D eigenvalue weighted by molar-refractivity contribution is -0.141. The van der Waals surface area contributed by atoms with Gasteiger partial charge in [0.05, 0.1) is 25.8 Å². The van der Waals surface area contributed by atoms with Gasteiger partial charge in [-0.1, -0.05) is 51.3 Å². The molecule has 1 aliphatic carbocycles. The van der Waals surface area contributed by atoms with Crippen LogP contribution in [0.2, 0.25) is 0 Å². The minimum atomic E-state index is -0.705. The third-order valence-electron chi connectivity index (χ3n) is 7.01. The molecule has 2 aromatic rings. The van der Waals surface area contributed by atoms with Gasteiger partial charge in [-0.2, -0.15) is 0 Å². The van der Waals surface area contributed by atoms with Crippen LogP contribution in [0.25, 0.3) is 5.76 Å². The summed E-state index contributed by atoms with van der Waals surface area (Å²) < 4.78 is 11.1. The summed E-state index contributed by atoms with van der Waals surface area (Å²) in [5.74, 6) is 0.0755. The summed E-state index contributed by atoms with van der Waals surface area (Å²) in [6, 6.07) is 12.0. The average molecular weight is 464 g/mol. The molecule has 4 rings (SSSR count). The Kier molecular flexibility index (Phi) is 6.96. The van der Waals surface area contributed by atoms with Crippen molar-refractivity contribution in [2.75, 3.05) is 14.2 Å². The van der Waals surface area contributed by atoms with Crippen LogP contribution >= 0.6 is 0 Å². The fourth-order valence-electron chi connectivity index (χ4n) is 5.27. The molecule has 2 aliphatic rings. The highest BCUT2D eigenvalue weighted by atomic mass is 16.5. The first kappa shape index (κ1) is 23.9. The highest BCUT2D eigenvalue weighted by molar-refractivity contribution is 6.46. The SMILES string of the molecule is COc1ccc(/C(O)=C2\C(=O)C(=O)N(C3CCCCC3)C2c2ccccc2OC)cc1C(C)C. The van der Waals surface area contributed by atoms with Gasteiger partial charge in [0.1, 0.15) is 17.3 Å². The molecule has 0 aromatic heterocycles. The number of carbonyl (C=O) groups is 2. The second-order valence-electron chi connectivity index (χ2n) is 9.35. The van der Waals surface area contributed by atoms with E-state index in [9.17, 15) is 14.7 Å². The molecular formula is C28H33NO5. The number of Topliss-reactive ketones (excluding diaryl/α,β-unsaturated/α-hetero) is 1. The van der Waals surface area contributed by atoms with Crippen LogP contribution in [-0.2, 0) is 9.59 Å². The predicted molar refractivity (Wildman–Crippen MR) is 131 cm³/mol. The number of benzene rings is 2. The number of rotatable bonds is 6. The van der Waals surface area contributed by atoms with Gasteiger partial charge in [-0.05, 0) is 48.6 Å². The summed E-state index contributed by atoms with van der Waals surface area (Å²) in [7, 11) is 3.18. The molecule has 1 amide bonds. The van der Waals surface area contributed by atoms with E-state index >= 15 is 0 Å². The molecule has 180 valence electrons. The van der Waals surface area contributed by atoms with Crippen LogP contribution in [0.4, 0.5) is 0 Å². The van der Waals surface area contributed by atoms with Crippen molar-refractivity contribution in [1.82, 2.24) is 4.90 Å². The number of likely N-dealkylation sites (tertiary alicyclic amines) is 1. The van der Waals surface area contributed by atoms with Crippen molar-refractivity contribution in [2.45, 2.75) is 64.0 Å². The number of hydrogen-bond acceptors (Lipinski definition) is 5. The average Bonchev–Trinajstić information content (AvgIpc) is 3.13. The standard InChI is InChI=1S/C28H33NO5/c1-17(2)21-16-18(14-15-23(21)34-4)26(30)24-25(20-12-8-9-13-22(20)33-3)29(28(32)27(24)31)19-10-6-5-7-11-19/h8-9,12-17,19,25,30H,5-7,10-11H2,1-4H3/b26-24+. The zero-order chi connectivity index (χ0) is 24.4. The molecular weight excluding hydrogens is 430 g/mol. The lowest BCUT2D eigenvalue weighted by Crippen LogP contribution is -2.40.